The molecule has 1 aliphatic rings. The lowest BCUT2D eigenvalue weighted by molar-refractivity contribution is -0.132. The van der Waals surface area contributed by atoms with E-state index < -0.39 is 0 Å². The Morgan fingerprint density at radius 1 is 1.52 bits per heavy atom. The zero-order chi connectivity index (χ0) is 14.7. The van der Waals surface area contributed by atoms with E-state index in [1.807, 2.05) is 28.1 Å². The topological polar surface area (TPSA) is 51.0 Å². The minimum Gasteiger partial charge on any atom is -0.341 e. The number of aryl methyl sites for hydroxylation is 2. The Morgan fingerprint density at radius 3 is 3.14 bits per heavy atom. The molecule has 1 atom stereocenters. The van der Waals surface area contributed by atoms with Crippen molar-refractivity contribution in [1.82, 2.24) is 19.7 Å². The second kappa shape index (κ2) is 6.39. The van der Waals surface area contributed by atoms with Gasteiger partial charge in [0, 0.05) is 43.7 Å². The van der Waals surface area contributed by atoms with Gasteiger partial charge >= 0.3 is 0 Å². The Hall–Kier alpha value is -1.69. The number of carbonyl (C=O) groups is 1. The fourth-order valence-corrected chi connectivity index (χ4v) is 3.40. The van der Waals surface area contributed by atoms with Gasteiger partial charge in [0.25, 0.3) is 0 Å². The molecule has 0 saturated carbocycles. The van der Waals surface area contributed by atoms with Gasteiger partial charge in [0.05, 0.1) is 17.2 Å². The molecule has 0 aliphatic carbocycles. The van der Waals surface area contributed by atoms with Gasteiger partial charge in [0.1, 0.15) is 0 Å². The molecule has 1 amide bonds. The van der Waals surface area contributed by atoms with Crippen LogP contribution < -0.4 is 0 Å². The maximum absolute atomic E-state index is 12.3. The van der Waals surface area contributed by atoms with E-state index in [0.717, 1.165) is 37.4 Å². The van der Waals surface area contributed by atoms with Gasteiger partial charge in [-0.1, -0.05) is 0 Å². The molecule has 0 radical (unpaired) electrons. The lowest BCUT2D eigenvalue weighted by Crippen LogP contribution is -2.40. The first-order valence-electron chi connectivity index (χ1n) is 7.39. The van der Waals surface area contributed by atoms with Crippen LogP contribution in [0.3, 0.4) is 0 Å². The van der Waals surface area contributed by atoms with Crippen LogP contribution in [-0.2, 0) is 11.2 Å². The van der Waals surface area contributed by atoms with Gasteiger partial charge in [-0.05, 0) is 25.3 Å². The number of aromatic nitrogens is 3. The molecule has 2 aromatic rings. The van der Waals surface area contributed by atoms with Crippen LogP contribution in [-0.4, -0.2) is 38.7 Å². The third-order valence-corrected chi connectivity index (χ3v) is 4.73. The van der Waals surface area contributed by atoms with Crippen LogP contribution in [0.5, 0.6) is 0 Å². The van der Waals surface area contributed by atoms with Crippen LogP contribution in [0.2, 0.25) is 0 Å². The summed E-state index contributed by atoms with van der Waals surface area (Å²) >= 11 is 1.62. The Bertz CT molecular complexity index is 593. The smallest absolute Gasteiger partial charge is 0.223 e. The lowest BCUT2D eigenvalue weighted by atomic mass is 10.1. The van der Waals surface area contributed by atoms with Gasteiger partial charge in [-0.3, -0.25) is 9.48 Å². The van der Waals surface area contributed by atoms with E-state index in [0.29, 0.717) is 12.5 Å². The molecule has 1 aliphatic heterocycles. The Morgan fingerprint density at radius 2 is 2.43 bits per heavy atom. The molecular weight excluding hydrogens is 284 g/mol. The van der Waals surface area contributed by atoms with Crippen LogP contribution in [0.1, 0.15) is 35.9 Å². The quantitative estimate of drug-likeness (QED) is 0.872. The monoisotopic (exact) mass is 304 g/mol. The van der Waals surface area contributed by atoms with E-state index in [1.54, 1.807) is 17.5 Å². The number of hydrogen-bond donors (Lipinski definition) is 0. The summed E-state index contributed by atoms with van der Waals surface area (Å²) < 4.78 is 2.01. The first-order valence-corrected chi connectivity index (χ1v) is 8.27. The summed E-state index contributed by atoms with van der Waals surface area (Å²) in [6.07, 6.45) is 9.18. The van der Waals surface area contributed by atoms with Gasteiger partial charge in [-0.15, -0.1) is 11.3 Å². The second-order valence-electron chi connectivity index (χ2n) is 5.56. The number of amides is 1. The van der Waals surface area contributed by atoms with Crippen LogP contribution in [0.25, 0.3) is 0 Å². The van der Waals surface area contributed by atoms with Crippen molar-refractivity contribution in [2.24, 2.45) is 0 Å². The van der Waals surface area contributed by atoms with Crippen LogP contribution >= 0.6 is 11.3 Å². The number of likely N-dealkylation sites (tertiary alicyclic amines) is 1. The average Bonchev–Trinajstić information content (AvgIpc) is 3.16. The fraction of sp³-hybridized carbons (Fsp3) is 0.533. The predicted molar refractivity (Wildman–Crippen MR) is 82.3 cm³/mol. The van der Waals surface area contributed by atoms with Crippen molar-refractivity contribution < 1.29 is 4.79 Å². The first-order chi connectivity index (χ1) is 10.2. The molecule has 0 bridgehead atoms. The van der Waals surface area contributed by atoms with Crippen LogP contribution in [0.15, 0.2) is 24.0 Å². The normalized spacial score (nSPS) is 18.9. The first kappa shape index (κ1) is 14.3. The minimum atomic E-state index is 0.235. The molecule has 0 unspecified atom stereocenters. The van der Waals surface area contributed by atoms with E-state index in [-0.39, 0.29) is 5.91 Å². The Balaban J connectivity index is 1.56. The highest BCUT2D eigenvalue weighted by atomic mass is 32.1. The van der Waals surface area contributed by atoms with E-state index in [9.17, 15) is 4.79 Å². The summed E-state index contributed by atoms with van der Waals surface area (Å²) in [6, 6.07) is 0.316. The third-order valence-electron chi connectivity index (χ3n) is 3.89. The second-order valence-corrected chi connectivity index (χ2v) is 6.54. The third kappa shape index (κ3) is 3.50. The van der Waals surface area contributed by atoms with Crippen molar-refractivity contribution in [2.75, 3.05) is 13.1 Å². The number of carbonyl (C=O) groups excluding carboxylic acids is 1. The molecule has 3 heterocycles. The summed E-state index contributed by atoms with van der Waals surface area (Å²) in [5, 5.41) is 7.39. The number of nitrogens with zero attached hydrogens (tertiary/aromatic N) is 4. The molecule has 3 rings (SSSR count). The van der Waals surface area contributed by atoms with Crippen LogP contribution in [0.4, 0.5) is 0 Å². The molecule has 1 fully saturated rings. The number of rotatable bonds is 4. The van der Waals surface area contributed by atoms with E-state index in [4.69, 9.17) is 0 Å². The maximum Gasteiger partial charge on any atom is 0.223 e. The summed E-state index contributed by atoms with van der Waals surface area (Å²) in [6.45, 7) is 3.69. The van der Waals surface area contributed by atoms with Crippen LogP contribution in [0, 0.1) is 6.92 Å². The molecule has 5 nitrogen and oxygen atoms in total. The standard InChI is InChI=1S/C15H20N4OS/c1-12-9-17-19(10-12)13-3-2-7-18(11-13)15(20)5-4-14-16-6-8-21-14/h6,8-10,13H,2-5,7,11H2,1H3/t13-/m1/s1. The molecule has 6 heteroatoms. The SMILES string of the molecule is Cc1cnn([C@@H]2CCCN(C(=O)CCc3nccs3)C2)c1. The van der Waals surface area contributed by atoms with Gasteiger partial charge in [-0.2, -0.15) is 5.10 Å². The molecule has 0 spiro atoms. The molecule has 0 N–H and O–H groups in total. The van der Waals surface area contributed by atoms with Crippen molar-refractivity contribution >= 4 is 17.2 Å². The number of thiazole rings is 1. The highest BCUT2D eigenvalue weighted by Gasteiger charge is 2.24. The Kier molecular flexibility index (Phi) is 4.34. The highest BCUT2D eigenvalue weighted by molar-refractivity contribution is 7.09. The molecule has 0 aromatic carbocycles. The van der Waals surface area contributed by atoms with Gasteiger partial charge in [-0.25, -0.2) is 4.98 Å². The van der Waals surface area contributed by atoms with Crippen molar-refractivity contribution in [3.63, 3.8) is 0 Å². The largest absolute Gasteiger partial charge is 0.341 e. The maximum atomic E-state index is 12.3. The molecule has 21 heavy (non-hydrogen) atoms. The number of piperidine rings is 1. The zero-order valence-electron chi connectivity index (χ0n) is 12.2. The summed E-state index contributed by atoms with van der Waals surface area (Å²) in [7, 11) is 0. The fourth-order valence-electron chi connectivity index (χ4n) is 2.78. The Labute approximate surface area is 128 Å². The number of hydrogen-bond acceptors (Lipinski definition) is 4. The highest BCUT2D eigenvalue weighted by Crippen LogP contribution is 2.22. The average molecular weight is 304 g/mol. The summed E-state index contributed by atoms with van der Waals surface area (Å²) in [4.78, 5) is 18.6. The zero-order valence-corrected chi connectivity index (χ0v) is 13.1. The minimum absolute atomic E-state index is 0.235. The van der Waals surface area contributed by atoms with Crippen molar-refractivity contribution in [3.05, 3.63) is 34.5 Å². The van der Waals surface area contributed by atoms with Gasteiger partial charge in [0.2, 0.25) is 5.91 Å². The molecular formula is C15H20N4OS. The van der Waals surface area contributed by atoms with Gasteiger partial charge in [0.15, 0.2) is 0 Å². The van der Waals surface area contributed by atoms with Crippen molar-refractivity contribution in [1.29, 1.82) is 0 Å². The molecule has 1 saturated heterocycles. The van der Waals surface area contributed by atoms with E-state index in [1.165, 1.54) is 5.56 Å². The molecule has 112 valence electrons. The van der Waals surface area contributed by atoms with Crippen molar-refractivity contribution in [3.8, 4) is 0 Å². The van der Waals surface area contributed by atoms with Crippen molar-refractivity contribution in [2.45, 2.75) is 38.6 Å². The molecule has 2 aromatic heterocycles. The van der Waals surface area contributed by atoms with E-state index >= 15 is 0 Å². The summed E-state index contributed by atoms with van der Waals surface area (Å²) in [5.41, 5.74) is 1.17. The van der Waals surface area contributed by atoms with E-state index in [2.05, 4.69) is 16.3 Å². The lowest BCUT2D eigenvalue weighted by Gasteiger charge is -2.33. The predicted octanol–water partition coefficient (Wildman–Crippen LogP) is 2.44. The van der Waals surface area contributed by atoms with Gasteiger partial charge < -0.3 is 4.90 Å². The summed E-state index contributed by atoms with van der Waals surface area (Å²) in [5.74, 6) is 0.235.